The highest BCUT2D eigenvalue weighted by Crippen LogP contribution is 2.37. The summed E-state index contributed by atoms with van der Waals surface area (Å²) in [5, 5.41) is 0. The highest BCUT2D eigenvalue weighted by atomic mass is 19.1. The Balaban J connectivity index is 2.35. The van der Waals surface area contributed by atoms with Gasteiger partial charge in [-0.1, -0.05) is 30.3 Å². The summed E-state index contributed by atoms with van der Waals surface area (Å²) in [5.74, 6) is -0.255. The van der Waals surface area contributed by atoms with Crippen LogP contribution in [0.4, 0.5) is 4.39 Å². The monoisotopic (exact) mass is 192 g/mol. The van der Waals surface area contributed by atoms with Gasteiger partial charge in [0.2, 0.25) is 0 Å². The summed E-state index contributed by atoms with van der Waals surface area (Å²) >= 11 is 0. The highest BCUT2D eigenvalue weighted by molar-refractivity contribution is 5.89. The molecule has 0 heterocycles. The number of hydrogen-bond donors (Lipinski definition) is 0. The predicted octanol–water partition coefficient (Wildman–Crippen LogP) is 2.99. The normalized spacial score (nSPS) is 27.6. The van der Waals surface area contributed by atoms with Crippen molar-refractivity contribution >= 4 is 5.78 Å². The van der Waals surface area contributed by atoms with E-state index < -0.39 is 5.67 Å². The minimum Gasteiger partial charge on any atom is -0.296 e. The molecule has 0 radical (unpaired) electrons. The third kappa shape index (κ3) is 1.45. The number of carbonyl (C=O) groups is 1. The van der Waals surface area contributed by atoms with E-state index in [2.05, 4.69) is 0 Å². The first-order valence-electron chi connectivity index (χ1n) is 5.01. The first kappa shape index (κ1) is 9.38. The number of halogens is 1. The Morgan fingerprint density at radius 3 is 2.50 bits per heavy atom. The third-order valence-electron chi connectivity index (χ3n) is 2.85. The lowest BCUT2D eigenvalue weighted by molar-refractivity contribution is -0.134. The van der Waals surface area contributed by atoms with Crippen molar-refractivity contribution in [2.75, 3.05) is 0 Å². The van der Waals surface area contributed by atoms with Crippen LogP contribution in [0.2, 0.25) is 0 Å². The van der Waals surface area contributed by atoms with Gasteiger partial charge in [0.25, 0.3) is 0 Å². The van der Waals surface area contributed by atoms with Gasteiger partial charge in [0.05, 0.1) is 0 Å². The molecule has 0 saturated heterocycles. The van der Waals surface area contributed by atoms with Gasteiger partial charge in [0.1, 0.15) is 0 Å². The van der Waals surface area contributed by atoms with Crippen LogP contribution in [0.5, 0.6) is 0 Å². The Kier molecular flexibility index (Phi) is 2.36. The molecule has 2 heteroatoms. The second-order valence-electron chi connectivity index (χ2n) is 3.80. The summed E-state index contributed by atoms with van der Waals surface area (Å²) in [6.07, 6.45) is 2.36. The summed E-state index contributed by atoms with van der Waals surface area (Å²) in [5.41, 5.74) is -1.19. The smallest absolute Gasteiger partial charge is 0.193 e. The molecule has 1 nitrogen and oxygen atoms in total. The molecule has 14 heavy (non-hydrogen) atoms. The molecule has 0 bridgehead atoms. The maximum absolute atomic E-state index is 14.3. The van der Waals surface area contributed by atoms with Crippen LogP contribution in [-0.2, 0) is 10.5 Å². The van der Waals surface area contributed by atoms with Crippen LogP contribution < -0.4 is 0 Å². The lowest BCUT2D eigenvalue weighted by Crippen LogP contribution is -2.33. The molecule has 2 rings (SSSR count). The number of carbonyl (C=O) groups excluding carboxylic acids is 1. The summed E-state index contributed by atoms with van der Waals surface area (Å²) in [7, 11) is 0. The van der Waals surface area contributed by atoms with Crippen LogP contribution in [0.1, 0.15) is 31.2 Å². The van der Waals surface area contributed by atoms with Crippen LogP contribution >= 0.6 is 0 Å². The molecule has 0 aliphatic heterocycles. The largest absolute Gasteiger partial charge is 0.296 e. The van der Waals surface area contributed by atoms with Crippen molar-refractivity contribution in [3.63, 3.8) is 0 Å². The van der Waals surface area contributed by atoms with E-state index in [4.69, 9.17) is 0 Å². The van der Waals surface area contributed by atoms with E-state index in [0.717, 1.165) is 12.8 Å². The van der Waals surface area contributed by atoms with E-state index in [0.29, 0.717) is 18.4 Å². The molecule has 74 valence electrons. The average molecular weight is 192 g/mol. The number of benzene rings is 1. The van der Waals surface area contributed by atoms with E-state index >= 15 is 0 Å². The molecule has 1 aliphatic rings. The van der Waals surface area contributed by atoms with Crippen molar-refractivity contribution in [1.82, 2.24) is 0 Å². The van der Waals surface area contributed by atoms with Crippen molar-refractivity contribution in [2.24, 2.45) is 0 Å². The molecular formula is C12H13FO. The van der Waals surface area contributed by atoms with Gasteiger partial charge in [-0.05, 0) is 24.8 Å². The van der Waals surface area contributed by atoms with E-state index in [-0.39, 0.29) is 5.78 Å². The topological polar surface area (TPSA) is 17.1 Å². The van der Waals surface area contributed by atoms with Gasteiger partial charge in [-0.25, -0.2) is 4.39 Å². The Labute approximate surface area is 82.9 Å². The van der Waals surface area contributed by atoms with Crippen molar-refractivity contribution in [3.8, 4) is 0 Å². The van der Waals surface area contributed by atoms with Crippen LogP contribution in [0.15, 0.2) is 30.3 Å². The number of alkyl halides is 1. The van der Waals surface area contributed by atoms with Gasteiger partial charge in [-0.2, -0.15) is 0 Å². The lowest BCUT2D eigenvalue weighted by Gasteiger charge is -2.28. The minimum absolute atomic E-state index is 0.255. The second-order valence-corrected chi connectivity index (χ2v) is 3.80. The van der Waals surface area contributed by atoms with Crippen molar-refractivity contribution in [3.05, 3.63) is 35.9 Å². The van der Waals surface area contributed by atoms with Gasteiger partial charge < -0.3 is 0 Å². The van der Waals surface area contributed by atoms with Gasteiger partial charge in [0, 0.05) is 6.42 Å². The van der Waals surface area contributed by atoms with Crippen LogP contribution in [0.25, 0.3) is 0 Å². The SMILES string of the molecule is O=C1CCCCC1(F)c1ccccc1. The standard InChI is InChI=1S/C12H13FO/c13-12(9-5-4-8-11(12)14)10-6-2-1-3-7-10/h1-3,6-7H,4-5,8-9H2. The van der Waals surface area contributed by atoms with Crippen molar-refractivity contribution in [1.29, 1.82) is 0 Å². The van der Waals surface area contributed by atoms with E-state index in [1.165, 1.54) is 0 Å². The molecule has 1 unspecified atom stereocenters. The molecule has 1 atom stereocenters. The summed E-state index contributed by atoms with van der Waals surface area (Å²) < 4.78 is 14.3. The Morgan fingerprint density at radius 2 is 1.86 bits per heavy atom. The fourth-order valence-electron chi connectivity index (χ4n) is 2.00. The average Bonchev–Trinajstić information content (AvgIpc) is 2.24. The number of hydrogen-bond acceptors (Lipinski definition) is 1. The number of ketones is 1. The van der Waals surface area contributed by atoms with Crippen LogP contribution in [0.3, 0.4) is 0 Å². The number of Topliss-reactive ketones (excluding diaryl/α,β-unsaturated/α-hetero) is 1. The van der Waals surface area contributed by atoms with Gasteiger partial charge >= 0.3 is 0 Å². The third-order valence-corrected chi connectivity index (χ3v) is 2.85. The maximum Gasteiger partial charge on any atom is 0.193 e. The van der Waals surface area contributed by atoms with Gasteiger partial charge in [-0.3, -0.25) is 4.79 Å². The van der Waals surface area contributed by atoms with Crippen LogP contribution in [0, 0.1) is 0 Å². The zero-order valence-electron chi connectivity index (χ0n) is 8.00. The number of rotatable bonds is 1. The molecule has 0 amide bonds. The Hall–Kier alpha value is -1.18. The van der Waals surface area contributed by atoms with Gasteiger partial charge in [0.15, 0.2) is 11.5 Å². The molecule has 1 saturated carbocycles. The Morgan fingerprint density at radius 1 is 1.14 bits per heavy atom. The predicted molar refractivity (Wildman–Crippen MR) is 52.7 cm³/mol. The summed E-state index contributed by atoms with van der Waals surface area (Å²) in [6, 6.07) is 8.78. The summed E-state index contributed by atoms with van der Waals surface area (Å²) in [6.45, 7) is 0. The fourth-order valence-corrected chi connectivity index (χ4v) is 2.00. The van der Waals surface area contributed by atoms with Crippen LogP contribution in [-0.4, -0.2) is 5.78 Å². The van der Waals surface area contributed by atoms with E-state index in [9.17, 15) is 9.18 Å². The zero-order valence-corrected chi connectivity index (χ0v) is 8.00. The van der Waals surface area contributed by atoms with E-state index in [1.807, 2.05) is 6.07 Å². The van der Waals surface area contributed by atoms with Gasteiger partial charge in [-0.15, -0.1) is 0 Å². The minimum atomic E-state index is -1.71. The second kappa shape index (κ2) is 3.52. The zero-order chi connectivity index (χ0) is 10.0. The highest BCUT2D eigenvalue weighted by Gasteiger charge is 2.41. The molecule has 0 aromatic heterocycles. The fraction of sp³-hybridized carbons (Fsp3) is 0.417. The quantitative estimate of drug-likeness (QED) is 0.668. The van der Waals surface area contributed by atoms with Crippen molar-refractivity contribution < 1.29 is 9.18 Å². The molecular weight excluding hydrogens is 179 g/mol. The molecule has 1 aliphatic carbocycles. The van der Waals surface area contributed by atoms with Crippen molar-refractivity contribution in [2.45, 2.75) is 31.4 Å². The van der Waals surface area contributed by atoms with E-state index in [1.54, 1.807) is 24.3 Å². The maximum atomic E-state index is 14.3. The first-order valence-corrected chi connectivity index (χ1v) is 5.01. The summed E-state index contributed by atoms with van der Waals surface area (Å²) in [4.78, 5) is 11.5. The Bertz CT molecular complexity index is 333. The lowest BCUT2D eigenvalue weighted by atomic mass is 9.80. The molecule has 1 aromatic rings. The molecule has 1 aromatic carbocycles. The molecule has 1 fully saturated rings. The molecule has 0 N–H and O–H groups in total. The molecule has 0 spiro atoms. The first-order chi connectivity index (χ1) is 6.73.